The second kappa shape index (κ2) is 4.41. The molecule has 0 bridgehead atoms. The summed E-state index contributed by atoms with van der Waals surface area (Å²) in [4.78, 5) is 0. The summed E-state index contributed by atoms with van der Waals surface area (Å²) in [6, 6.07) is 8.90. The van der Waals surface area contributed by atoms with Gasteiger partial charge in [-0.25, -0.2) is 8.78 Å². The first-order valence-electron chi connectivity index (χ1n) is 5.06. The van der Waals surface area contributed by atoms with Crippen LogP contribution in [0.3, 0.4) is 0 Å². The summed E-state index contributed by atoms with van der Waals surface area (Å²) in [6.45, 7) is 1.62. The SMILES string of the molecule is Cc1cccc(Oc2cccc(F)c2N)c1F. The van der Waals surface area contributed by atoms with Crippen LogP contribution in [0.5, 0.6) is 11.5 Å². The number of ether oxygens (including phenoxy) is 1. The van der Waals surface area contributed by atoms with Gasteiger partial charge in [0.05, 0.1) is 0 Å². The summed E-state index contributed by atoms with van der Waals surface area (Å²) in [5.41, 5.74) is 5.82. The number of rotatable bonds is 2. The highest BCUT2D eigenvalue weighted by Crippen LogP contribution is 2.31. The van der Waals surface area contributed by atoms with Gasteiger partial charge >= 0.3 is 0 Å². The van der Waals surface area contributed by atoms with E-state index in [9.17, 15) is 8.78 Å². The largest absolute Gasteiger partial charge is 0.452 e. The summed E-state index contributed by atoms with van der Waals surface area (Å²) < 4.78 is 32.1. The van der Waals surface area contributed by atoms with Gasteiger partial charge < -0.3 is 10.5 Å². The molecule has 0 aromatic heterocycles. The van der Waals surface area contributed by atoms with E-state index in [0.29, 0.717) is 5.56 Å². The van der Waals surface area contributed by atoms with E-state index in [4.69, 9.17) is 10.5 Å². The fraction of sp³-hybridized carbons (Fsp3) is 0.0769. The number of aryl methyl sites for hydroxylation is 1. The highest BCUT2D eigenvalue weighted by Gasteiger charge is 2.10. The number of benzene rings is 2. The van der Waals surface area contributed by atoms with Crippen molar-refractivity contribution in [1.82, 2.24) is 0 Å². The highest BCUT2D eigenvalue weighted by atomic mass is 19.1. The van der Waals surface area contributed by atoms with Crippen LogP contribution in [0.15, 0.2) is 36.4 Å². The number of para-hydroxylation sites is 1. The molecule has 0 amide bonds. The molecule has 2 nitrogen and oxygen atoms in total. The predicted octanol–water partition coefficient (Wildman–Crippen LogP) is 3.65. The van der Waals surface area contributed by atoms with Crippen LogP contribution in [0.25, 0.3) is 0 Å². The lowest BCUT2D eigenvalue weighted by Crippen LogP contribution is -1.97. The molecule has 2 rings (SSSR count). The first kappa shape index (κ1) is 11.4. The van der Waals surface area contributed by atoms with Crippen molar-refractivity contribution in [3.8, 4) is 11.5 Å². The smallest absolute Gasteiger partial charge is 0.168 e. The fourth-order valence-corrected chi connectivity index (χ4v) is 1.42. The van der Waals surface area contributed by atoms with Gasteiger partial charge in [0.1, 0.15) is 11.5 Å². The second-order valence-corrected chi connectivity index (χ2v) is 3.64. The number of hydrogen-bond donors (Lipinski definition) is 1. The Balaban J connectivity index is 2.38. The molecule has 0 fully saturated rings. The van der Waals surface area contributed by atoms with Crippen LogP contribution in [0.4, 0.5) is 14.5 Å². The van der Waals surface area contributed by atoms with Gasteiger partial charge in [-0.1, -0.05) is 18.2 Å². The topological polar surface area (TPSA) is 35.2 Å². The number of hydrogen-bond acceptors (Lipinski definition) is 2. The molecule has 0 aliphatic rings. The van der Waals surface area contributed by atoms with Gasteiger partial charge in [-0.2, -0.15) is 0 Å². The fourth-order valence-electron chi connectivity index (χ4n) is 1.42. The average molecular weight is 235 g/mol. The van der Waals surface area contributed by atoms with Crippen LogP contribution >= 0.6 is 0 Å². The average Bonchev–Trinajstić information content (AvgIpc) is 2.31. The summed E-state index contributed by atoms with van der Waals surface area (Å²) in [5, 5.41) is 0. The lowest BCUT2D eigenvalue weighted by atomic mass is 10.2. The molecule has 0 aliphatic heterocycles. The van der Waals surface area contributed by atoms with E-state index < -0.39 is 11.6 Å². The summed E-state index contributed by atoms with van der Waals surface area (Å²) in [5.74, 6) is -0.927. The predicted molar refractivity (Wildman–Crippen MR) is 62.0 cm³/mol. The van der Waals surface area contributed by atoms with Crippen molar-refractivity contribution >= 4 is 5.69 Å². The van der Waals surface area contributed by atoms with Gasteiger partial charge in [-0.05, 0) is 30.7 Å². The van der Waals surface area contributed by atoms with Crippen molar-refractivity contribution in [2.75, 3.05) is 5.73 Å². The molecule has 2 N–H and O–H groups in total. The zero-order valence-electron chi connectivity index (χ0n) is 9.21. The molecular weight excluding hydrogens is 224 g/mol. The normalized spacial score (nSPS) is 10.3. The minimum absolute atomic E-state index is 0.0299. The van der Waals surface area contributed by atoms with Crippen LogP contribution in [-0.4, -0.2) is 0 Å². The molecule has 0 atom stereocenters. The standard InChI is InChI=1S/C13H11F2NO/c1-8-4-2-6-10(12(8)15)17-11-7-3-5-9(14)13(11)16/h2-7H,16H2,1H3. The Labute approximate surface area is 97.6 Å². The first-order chi connectivity index (χ1) is 8.09. The van der Waals surface area contributed by atoms with Gasteiger partial charge in [0.25, 0.3) is 0 Å². The molecule has 17 heavy (non-hydrogen) atoms. The van der Waals surface area contributed by atoms with E-state index >= 15 is 0 Å². The van der Waals surface area contributed by atoms with E-state index in [0.717, 1.165) is 0 Å². The van der Waals surface area contributed by atoms with E-state index in [2.05, 4.69) is 0 Å². The summed E-state index contributed by atoms with van der Waals surface area (Å²) in [6.07, 6.45) is 0. The maximum atomic E-state index is 13.7. The molecule has 2 aromatic rings. The van der Waals surface area contributed by atoms with Gasteiger partial charge in [0.15, 0.2) is 17.3 Å². The molecular formula is C13H11F2NO. The lowest BCUT2D eigenvalue weighted by molar-refractivity contribution is 0.439. The van der Waals surface area contributed by atoms with E-state index in [1.165, 1.54) is 24.3 Å². The van der Waals surface area contributed by atoms with Crippen LogP contribution in [0.1, 0.15) is 5.56 Å². The molecule has 4 heteroatoms. The molecule has 0 heterocycles. The Morgan fingerprint density at radius 2 is 1.65 bits per heavy atom. The molecule has 88 valence electrons. The Bertz CT molecular complexity index is 506. The van der Waals surface area contributed by atoms with Gasteiger partial charge in [0.2, 0.25) is 0 Å². The van der Waals surface area contributed by atoms with E-state index in [1.54, 1.807) is 19.1 Å². The maximum Gasteiger partial charge on any atom is 0.168 e. The highest BCUT2D eigenvalue weighted by molar-refractivity contribution is 5.55. The van der Waals surface area contributed by atoms with Crippen molar-refractivity contribution in [3.05, 3.63) is 53.6 Å². The Kier molecular flexibility index (Phi) is 2.95. The van der Waals surface area contributed by atoms with Gasteiger partial charge in [-0.15, -0.1) is 0 Å². The number of halogens is 2. The number of nitrogens with two attached hydrogens (primary N) is 1. The second-order valence-electron chi connectivity index (χ2n) is 3.64. The van der Waals surface area contributed by atoms with Crippen molar-refractivity contribution in [2.24, 2.45) is 0 Å². The van der Waals surface area contributed by atoms with Crippen molar-refractivity contribution in [1.29, 1.82) is 0 Å². The minimum Gasteiger partial charge on any atom is -0.452 e. The molecule has 0 saturated heterocycles. The lowest BCUT2D eigenvalue weighted by Gasteiger charge is -2.10. The molecule has 0 unspecified atom stereocenters. The number of anilines is 1. The molecule has 2 aromatic carbocycles. The third-order valence-corrected chi connectivity index (χ3v) is 2.39. The van der Waals surface area contributed by atoms with Gasteiger partial charge in [-0.3, -0.25) is 0 Å². The van der Waals surface area contributed by atoms with E-state index in [-0.39, 0.29) is 17.2 Å². The molecule has 0 spiro atoms. The van der Waals surface area contributed by atoms with Crippen molar-refractivity contribution in [2.45, 2.75) is 6.92 Å². The van der Waals surface area contributed by atoms with E-state index in [1.807, 2.05) is 0 Å². The third-order valence-electron chi connectivity index (χ3n) is 2.39. The third kappa shape index (κ3) is 2.20. The monoisotopic (exact) mass is 235 g/mol. The quantitative estimate of drug-likeness (QED) is 0.806. The zero-order valence-corrected chi connectivity index (χ0v) is 9.21. The van der Waals surface area contributed by atoms with Crippen molar-refractivity contribution in [3.63, 3.8) is 0 Å². The maximum absolute atomic E-state index is 13.7. The van der Waals surface area contributed by atoms with Crippen LogP contribution in [0, 0.1) is 18.6 Å². The van der Waals surface area contributed by atoms with Crippen LogP contribution in [-0.2, 0) is 0 Å². The molecule has 0 saturated carbocycles. The molecule has 0 radical (unpaired) electrons. The van der Waals surface area contributed by atoms with Gasteiger partial charge in [0, 0.05) is 0 Å². The van der Waals surface area contributed by atoms with Crippen LogP contribution < -0.4 is 10.5 Å². The molecule has 0 aliphatic carbocycles. The van der Waals surface area contributed by atoms with Crippen LogP contribution in [0.2, 0.25) is 0 Å². The summed E-state index contributed by atoms with van der Waals surface area (Å²) >= 11 is 0. The minimum atomic E-state index is -0.587. The Morgan fingerprint density at radius 1 is 1.00 bits per heavy atom. The van der Waals surface area contributed by atoms with Crippen molar-refractivity contribution < 1.29 is 13.5 Å². The zero-order chi connectivity index (χ0) is 12.4. The Morgan fingerprint density at radius 3 is 2.41 bits per heavy atom. The Hall–Kier alpha value is -2.10. The summed E-state index contributed by atoms with van der Waals surface area (Å²) in [7, 11) is 0. The number of nitrogen functional groups attached to an aromatic ring is 1. The first-order valence-corrected chi connectivity index (χ1v) is 5.06.